The lowest BCUT2D eigenvalue weighted by Crippen LogP contribution is -2.38. The minimum atomic E-state index is -4.47. The molecule has 1 aromatic rings. The first kappa shape index (κ1) is 28.8. The highest BCUT2D eigenvalue weighted by Crippen LogP contribution is 2.55. The van der Waals surface area contributed by atoms with Gasteiger partial charge in [-0.25, -0.2) is 4.79 Å². The Morgan fingerprint density at radius 2 is 1.45 bits per heavy atom. The van der Waals surface area contributed by atoms with Crippen LogP contribution in [0.2, 0.25) is 0 Å². The Hall–Kier alpha value is -2.16. The second-order valence-electron chi connectivity index (χ2n) is 6.21. The molecule has 31 heavy (non-hydrogen) atoms. The van der Waals surface area contributed by atoms with Gasteiger partial charge >= 0.3 is 25.7 Å². The number of ether oxygens (including phenoxy) is 2. The van der Waals surface area contributed by atoms with Crippen LogP contribution in [0.1, 0.15) is 51.7 Å². The minimum absolute atomic E-state index is 0.0760. The third-order valence-corrected chi connectivity index (χ3v) is 6.25. The SMILES string of the molecule is CCOC(=O)C(CC)(CC)P(=O)(O)O.CCOC(=O)C=Cc1ccc(C(F)(F)F)cc1. The smallest absolute Gasteiger partial charge is 0.416 e. The van der Waals surface area contributed by atoms with Gasteiger partial charge in [-0.05, 0) is 50.5 Å². The summed E-state index contributed by atoms with van der Waals surface area (Å²) in [6.45, 7) is 6.80. The van der Waals surface area contributed by atoms with E-state index in [4.69, 9.17) is 9.79 Å². The summed E-state index contributed by atoms with van der Waals surface area (Å²) in [6.07, 6.45) is -1.62. The summed E-state index contributed by atoms with van der Waals surface area (Å²) >= 11 is 0. The predicted octanol–water partition coefficient (Wildman–Crippen LogP) is 4.57. The molecular weight excluding hydrogens is 440 g/mol. The zero-order chi connectivity index (χ0) is 24.3. The largest absolute Gasteiger partial charge is 0.465 e. The molecule has 2 N–H and O–H groups in total. The van der Waals surface area contributed by atoms with Gasteiger partial charge in [-0.15, -0.1) is 0 Å². The fourth-order valence-electron chi connectivity index (χ4n) is 2.47. The van der Waals surface area contributed by atoms with E-state index in [1.54, 1.807) is 27.7 Å². The van der Waals surface area contributed by atoms with Gasteiger partial charge in [0.1, 0.15) is 0 Å². The fraction of sp³-hybridized carbons (Fsp3) is 0.500. The van der Waals surface area contributed by atoms with E-state index in [1.807, 2.05) is 0 Å². The first-order valence-electron chi connectivity index (χ1n) is 9.53. The fourth-order valence-corrected chi connectivity index (χ4v) is 3.60. The third kappa shape index (κ3) is 8.85. The average Bonchev–Trinajstić information content (AvgIpc) is 2.67. The highest BCUT2D eigenvalue weighted by atomic mass is 31.2. The second-order valence-corrected chi connectivity index (χ2v) is 8.15. The summed E-state index contributed by atoms with van der Waals surface area (Å²) in [5.41, 5.74) is -0.211. The molecule has 0 unspecified atom stereocenters. The normalized spacial score (nSPS) is 12.2. The molecule has 176 valence electrons. The Kier molecular flexibility index (Phi) is 11.8. The summed E-state index contributed by atoms with van der Waals surface area (Å²) in [6, 6.07) is 4.51. The minimum Gasteiger partial charge on any atom is -0.465 e. The Morgan fingerprint density at radius 3 is 1.81 bits per heavy atom. The maximum atomic E-state index is 12.2. The van der Waals surface area contributed by atoms with E-state index < -0.39 is 36.4 Å². The highest BCUT2D eigenvalue weighted by Gasteiger charge is 2.51. The van der Waals surface area contributed by atoms with Gasteiger partial charge in [-0.2, -0.15) is 13.2 Å². The van der Waals surface area contributed by atoms with Gasteiger partial charge in [-0.3, -0.25) is 9.36 Å². The lowest BCUT2D eigenvalue weighted by molar-refractivity contribution is -0.147. The van der Waals surface area contributed by atoms with E-state index in [-0.39, 0.29) is 26.1 Å². The van der Waals surface area contributed by atoms with E-state index in [0.717, 1.165) is 12.1 Å². The summed E-state index contributed by atoms with van der Waals surface area (Å²) < 4.78 is 57.3. The molecule has 0 radical (unpaired) electrons. The Morgan fingerprint density at radius 1 is 0.968 bits per heavy atom. The molecular formula is C20H28F3O7P. The van der Waals surface area contributed by atoms with E-state index in [0.29, 0.717) is 5.56 Å². The molecule has 0 saturated heterocycles. The summed E-state index contributed by atoms with van der Waals surface area (Å²) in [7, 11) is -4.47. The van der Waals surface area contributed by atoms with Crippen molar-refractivity contribution in [2.45, 2.75) is 51.9 Å². The molecule has 7 nitrogen and oxygen atoms in total. The van der Waals surface area contributed by atoms with E-state index in [9.17, 15) is 27.3 Å². The summed E-state index contributed by atoms with van der Waals surface area (Å²) in [5, 5.41) is -1.66. The molecule has 0 aliphatic rings. The number of halogens is 3. The van der Waals surface area contributed by atoms with Crippen molar-refractivity contribution in [3.63, 3.8) is 0 Å². The van der Waals surface area contributed by atoms with Crippen molar-refractivity contribution in [2.24, 2.45) is 0 Å². The van der Waals surface area contributed by atoms with Crippen molar-refractivity contribution in [1.82, 2.24) is 0 Å². The van der Waals surface area contributed by atoms with Crippen LogP contribution >= 0.6 is 7.60 Å². The first-order valence-corrected chi connectivity index (χ1v) is 11.1. The Labute approximate surface area is 179 Å². The van der Waals surface area contributed by atoms with Gasteiger partial charge in [-0.1, -0.05) is 26.0 Å². The summed E-state index contributed by atoms with van der Waals surface area (Å²) in [4.78, 5) is 40.7. The highest BCUT2D eigenvalue weighted by molar-refractivity contribution is 7.54. The van der Waals surface area contributed by atoms with Gasteiger partial charge in [0.2, 0.25) is 0 Å². The van der Waals surface area contributed by atoms with Gasteiger partial charge in [0.15, 0.2) is 5.16 Å². The van der Waals surface area contributed by atoms with Gasteiger partial charge in [0, 0.05) is 6.08 Å². The molecule has 0 bridgehead atoms. The topological polar surface area (TPSA) is 110 Å². The average molecular weight is 468 g/mol. The summed E-state index contributed by atoms with van der Waals surface area (Å²) in [5.74, 6) is -1.33. The van der Waals surface area contributed by atoms with Crippen LogP contribution in [-0.4, -0.2) is 40.1 Å². The van der Waals surface area contributed by atoms with Crippen molar-refractivity contribution in [3.05, 3.63) is 41.5 Å². The number of carbonyl (C=O) groups excluding carboxylic acids is 2. The molecule has 0 amide bonds. The standard InChI is InChI=1S/C12H11F3O2.C8H17O5P/c1-2-17-11(16)8-5-9-3-6-10(7-4-9)12(13,14)15;1-4-8(5-2,14(10,11)12)7(9)13-6-3/h3-8H,2H2,1H3;4-6H2,1-3H3,(H2,10,11,12). The van der Waals surface area contributed by atoms with E-state index >= 15 is 0 Å². The Balaban J connectivity index is 0.000000594. The monoisotopic (exact) mass is 468 g/mol. The number of hydrogen-bond acceptors (Lipinski definition) is 5. The van der Waals surface area contributed by atoms with E-state index in [2.05, 4.69) is 9.47 Å². The number of rotatable bonds is 8. The molecule has 0 saturated carbocycles. The van der Waals surface area contributed by atoms with Crippen LogP contribution in [-0.2, 0) is 29.8 Å². The van der Waals surface area contributed by atoms with Crippen LogP contribution in [0.5, 0.6) is 0 Å². The number of alkyl halides is 3. The zero-order valence-corrected chi connectivity index (χ0v) is 18.7. The van der Waals surface area contributed by atoms with Gasteiger partial charge in [0.25, 0.3) is 0 Å². The molecule has 11 heteroatoms. The number of benzene rings is 1. The maximum absolute atomic E-state index is 12.2. The van der Waals surface area contributed by atoms with Gasteiger partial charge in [0.05, 0.1) is 18.8 Å². The Bertz CT molecular complexity index is 779. The number of hydrogen-bond donors (Lipinski definition) is 2. The van der Waals surface area contributed by atoms with Crippen LogP contribution in [0.3, 0.4) is 0 Å². The molecule has 1 rings (SSSR count). The third-order valence-electron chi connectivity index (χ3n) is 4.32. The van der Waals surface area contributed by atoms with Crippen LogP contribution in [0.15, 0.2) is 30.3 Å². The predicted molar refractivity (Wildman–Crippen MR) is 109 cm³/mol. The maximum Gasteiger partial charge on any atom is 0.416 e. The molecule has 0 aliphatic carbocycles. The number of esters is 2. The molecule has 0 aliphatic heterocycles. The lowest BCUT2D eigenvalue weighted by atomic mass is 10.0. The molecule has 1 aromatic carbocycles. The second kappa shape index (κ2) is 12.6. The first-order chi connectivity index (χ1) is 14.3. The quantitative estimate of drug-likeness (QED) is 0.327. The van der Waals surface area contributed by atoms with Crippen molar-refractivity contribution in [2.75, 3.05) is 13.2 Å². The molecule has 0 fully saturated rings. The zero-order valence-electron chi connectivity index (χ0n) is 17.8. The van der Waals surface area contributed by atoms with Crippen molar-refractivity contribution in [1.29, 1.82) is 0 Å². The van der Waals surface area contributed by atoms with Crippen molar-refractivity contribution < 1.29 is 46.6 Å². The molecule has 0 spiro atoms. The van der Waals surface area contributed by atoms with Crippen LogP contribution in [0.25, 0.3) is 6.08 Å². The van der Waals surface area contributed by atoms with Crippen LogP contribution in [0, 0.1) is 0 Å². The van der Waals surface area contributed by atoms with Crippen molar-refractivity contribution in [3.8, 4) is 0 Å². The lowest BCUT2D eigenvalue weighted by Gasteiger charge is -2.29. The van der Waals surface area contributed by atoms with Crippen LogP contribution < -0.4 is 0 Å². The van der Waals surface area contributed by atoms with Crippen molar-refractivity contribution >= 4 is 25.6 Å². The van der Waals surface area contributed by atoms with Crippen LogP contribution in [0.4, 0.5) is 13.2 Å². The van der Waals surface area contributed by atoms with Gasteiger partial charge < -0.3 is 19.3 Å². The molecule has 0 heterocycles. The van der Waals surface area contributed by atoms with E-state index in [1.165, 1.54) is 24.3 Å². The molecule has 0 aromatic heterocycles. The molecule has 0 atom stereocenters. The number of carbonyl (C=O) groups is 2.